The number of hydrogen-bond donors (Lipinski definition) is 0. The van der Waals surface area contributed by atoms with E-state index in [1.807, 2.05) is 59.7 Å². The van der Waals surface area contributed by atoms with Gasteiger partial charge in [-0.15, -0.1) is 0 Å². The fourth-order valence-corrected chi connectivity index (χ4v) is 6.25. The van der Waals surface area contributed by atoms with Gasteiger partial charge in [-0.2, -0.15) is 4.57 Å². The van der Waals surface area contributed by atoms with E-state index in [0.29, 0.717) is 38.5 Å². The van der Waals surface area contributed by atoms with E-state index >= 15 is 0 Å². The highest BCUT2D eigenvalue weighted by Crippen LogP contribution is 2.52. The zero-order chi connectivity index (χ0) is 30.2. The summed E-state index contributed by atoms with van der Waals surface area (Å²) in [5, 5.41) is 0. The number of rotatable bonds is 12. The number of carbonyl (C=O) groups is 3. The predicted molar refractivity (Wildman–Crippen MR) is 159 cm³/mol. The van der Waals surface area contributed by atoms with Crippen molar-refractivity contribution >= 4 is 25.7 Å². The van der Waals surface area contributed by atoms with Gasteiger partial charge in [0, 0.05) is 0 Å². The van der Waals surface area contributed by atoms with E-state index in [4.69, 9.17) is 13.6 Å². The largest absolute Gasteiger partial charge is 0.654 e. The Labute approximate surface area is 242 Å². The minimum absolute atomic E-state index is 0.170. The second kappa shape index (κ2) is 14.3. The lowest BCUT2D eigenvalue weighted by atomic mass is 9.97. The van der Waals surface area contributed by atoms with Crippen LogP contribution in [-0.2, 0) is 56.7 Å². The van der Waals surface area contributed by atoms with Crippen molar-refractivity contribution in [3.8, 4) is 0 Å². The van der Waals surface area contributed by atoms with Crippen molar-refractivity contribution in [1.82, 2.24) is 0 Å². The van der Waals surface area contributed by atoms with Gasteiger partial charge < -0.3 is 13.6 Å². The molecule has 0 aliphatic heterocycles. The van der Waals surface area contributed by atoms with Crippen molar-refractivity contribution in [3.63, 3.8) is 0 Å². The van der Waals surface area contributed by atoms with Crippen molar-refractivity contribution in [3.05, 3.63) is 105 Å². The monoisotopic (exact) mass is 578 g/mol. The van der Waals surface area contributed by atoms with Crippen LogP contribution in [0.3, 0.4) is 0 Å². The molecule has 0 N–H and O–H groups in total. The molecule has 8 heteroatoms. The molecular formula is C33H39O7P. The average Bonchev–Trinajstić information content (AvgIpc) is 2.98. The number of phosphoric acid groups is 1. The molecule has 0 bridgehead atoms. The molecule has 0 aliphatic carbocycles. The minimum Gasteiger partial charge on any atom is -0.348 e. The van der Waals surface area contributed by atoms with Crippen LogP contribution in [0.2, 0.25) is 0 Å². The Kier molecular flexibility index (Phi) is 11.1. The first-order chi connectivity index (χ1) is 19.7. The van der Waals surface area contributed by atoms with Gasteiger partial charge in [0.1, 0.15) is 0 Å². The maximum absolute atomic E-state index is 14.1. The number of benzene rings is 3. The van der Waals surface area contributed by atoms with Crippen LogP contribution in [-0.4, -0.2) is 17.9 Å². The van der Waals surface area contributed by atoms with E-state index in [1.54, 1.807) is 36.4 Å². The molecule has 0 saturated heterocycles. The Morgan fingerprint density at radius 3 is 0.976 bits per heavy atom. The average molecular weight is 579 g/mol. The van der Waals surface area contributed by atoms with E-state index in [0.717, 1.165) is 33.4 Å². The third-order valence-corrected chi connectivity index (χ3v) is 8.43. The van der Waals surface area contributed by atoms with Crippen molar-refractivity contribution in [1.29, 1.82) is 0 Å². The summed E-state index contributed by atoms with van der Waals surface area (Å²) in [6.45, 7) is 11.6. The Bertz CT molecular complexity index is 1300. The van der Waals surface area contributed by atoms with Gasteiger partial charge in [0.2, 0.25) is 0 Å². The number of aryl methyl sites for hydroxylation is 3. The van der Waals surface area contributed by atoms with Gasteiger partial charge in [0.15, 0.2) is 0 Å². The molecule has 0 spiro atoms. The number of phosphoric ester groups is 1. The van der Waals surface area contributed by atoms with Gasteiger partial charge in [-0.25, -0.2) is 14.4 Å². The lowest BCUT2D eigenvalue weighted by Gasteiger charge is -2.20. The highest BCUT2D eigenvalue weighted by molar-refractivity contribution is 7.50. The molecule has 3 aromatic carbocycles. The summed E-state index contributed by atoms with van der Waals surface area (Å²) in [6, 6.07) is 15.4. The molecule has 0 saturated carbocycles. The molecule has 218 valence electrons. The van der Waals surface area contributed by atoms with Crippen LogP contribution in [0.5, 0.6) is 0 Å². The second-order valence-electron chi connectivity index (χ2n) is 9.53. The Morgan fingerprint density at radius 1 is 0.488 bits per heavy atom. The fraction of sp³-hybridized carbons (Fsp3) is 0.364. The molecule has 0 aromatic heterocycles. The molecule has 0 fully saturated rings. The molecule has 41 heavy (non-hydrogen) atoms. The molecule has 3 aromatic rings. The van der Waals surface area contributed by atoms with Crippen molar-refractivity contribution < 1.29 is 32.5 Å². The first-order valence-electron chi connectivity index (χ1n) is 14.3. The molecule has 3 rings (SSSR count). The van der Waals surface area contributed by atoms with Crippen LogP contribution < -0.4 is 0 Å². The van der Waals surface area contributed by atoms with Gasteiger partial charge in [0.25, 0.3) is 0 Å². The summed E-state index contributed by atoms with van der Waals surface area (Å²) >= 11 is 0. The van der Waals surface area contributed by atoms with Gasteiger partial charge >= 0.3 is 25.7 Å². The Morgan fingerprint density at radius 2 is 0.756 bits per heavy atom. The number of carbonyl (C=O) groups excluding carboxylic acids is 3. The van der Waals surface area contributed by atoms with E-state index in [-0.39, 0.29) is 16.7 Å². The molecule has 0 unspecified atom stereocenters. The summed E-state index contributed by atoms with van der Waals surface area (Å²) < 4.78 is 30.1. The molecule has 0 atom stereocenters. The second-order valence-corrected chi connectivity index (χ2v) is 11.0. The van der Waals surface area contributed by atoms with Crippen LogP contribution in [0.1, 0.15) is 106 Å². The Balaban J connectivity index is 2.06. The predicted octanol–water partition coefficient (Wildman–Crippen LogP) is 8.04. The van der Waals surface area contributed by atoms with Crippen LogP contribution in [0.15, 0.2) is 54.6 Å². The van der Waals surface area contributed by atoms with E-state index in [9.17, 15) is 18.9 Å². The van der Waals surface area contributed by atoms with Crippen LogP contribution >= 0.6 is 7.82 Å². The zero-order valence-electron chi connectivity index (χ0n) is 24.7. The van der Waals surface area contributed by atoms with Gasteiger partial charge in [-0.05, 0) is 90.1 Å². The third-order valence-electron chi connectivity index (χ3n) is 7.27. The summed E-state index contributed by atoms with van der Waals surface area (Å²) in [4.78, 5) is 40.2. The Hall–Kier alpha value is -3.70. The molecule has 0 radical (unpaired) electrons. The highest BCUT2D eigenvalue weighted by atomic mass is 31.2. The molecule has 7 nitrogen and oxygen atoms in total. The quantitative estimate of drug-likeness (QED) is 0.201. The third kappa shape index (κ3) is 7.15. The topological polar surface area (TPSA) is 96.0 Å². The lowest BCUT2D eigenvalue weighted by Crippen LogP contribution is -2.17. The molecular weight excluding hydrogens is 539 g/mol. The van der Waals surface area contributed by atoms with E-state index in [1.165, 1.54) is 0 Å². The highest BCUT2D eigenvalue weighted by Gasteiger charge is 2.41. The van der Waals surface area contributed by atoms with Crippen molar-refractivity contribution in [2.45, 2.75) is 80.1 Å². The van der Waals surface area contributed by atoms with Crippen molar-refractivity contribution in [2.24, 2.45) is 0 Å². The van der Waals surface area contributed by atoms with Crippen LogP contribution in [0, 0.1) is 0 Å². The lowest BCUT2D eigenvalue weighted by molar-refractivity contribution is 0.0470. The zero-order valence-corrected chi connectivity index (χ0v) is 25.6. The maximum atomic E-state index is 14.1. The van der Waals surface area contributed by atoms with Gasteiger partial charge in [0.05, 0.1) is 16.7 Å². The summed E-state index contributed by atoms with van der Waals surface area (Å²) in [7, 11) is -5.09. The summed E-state index contributed by atoms with van der Waals surface area (Å²) in [5.41, 5.74) is 5.46. The first-order valence-corrected chi connectivity index (χ1v) is 15.8. The normalized spacial score (nSPS) is 11.2. The SMILES string of the molecule is CCc1cccc(C(=O)OP(=O)(OC(=O)c2cccc(CC)c2CC)OC(=O)c2cccc(CC)c2CC)c1CC. The molecule has 0 aliphatic rings. The molecule has 0 heterocycles. The van der Waals surface area contributed by atoms with E-state index in [2.05, 4.69) is 0 Å². The van der Waals surface area contributed by atoms with Crippen LogP contribution in [0.4, 0.5) is 0 Å². The first kappa shape index (κ1) is 31.8. The number of hydrogen-bond acceptors (Lipinski definition) is 7. The van der Waals surface area contributed by atoms with Crippen molar-refractivity contribution in [2.75, 3.05) is 0 Å². The maximum Gasteiger partial charge on any atom is 0.654 e. The standard InChI is InChI=1S/C33H39O7P/c1-7-22-16-13-19-28(25(22)10-4)31(34)38-41(37,39-32(35)29-20-14-17-23(8-2)26(29)11-5)40-33(36)30-21-15-18-24(9-3)27(30)12-6/h13-21H,7-12H2,1-6H3. The summed E-state index contributed by atoms with van der Waals surface area (Å²) in [5.74, 6) is -3.01. The van der Waals surface area contributed by atoms with Gasteiger partial charge in [-0.3, -0.25) is 0 Å². The minimum atomic E-state index is -5.09. The molecule has 0 amide bonds. The van der Waals surface area contributed by atoms with E-state index < -0.39 is 25.7 Å². The fourth-order valence-electron chi connectivity index (χ4n) is 5.23. The van der Waals surface area contributed by atoms with Gasteiger partial charge in [-0.1, -0.05) is 77.9 Å². The summed E-state index contributed by atoms with van der Waals surface area (Å²) in [6.07, 6.45) is 3.58. The smallest absolute Gasteiger partial charge is 0.348 e. The van der Waals surface area contributed by atoms with Crippen LogP contribution in [0.25, 0.3) is 0 Å².